The van der Waals surface area contributed by atoms with Crippen LogP contribution in [0.3, 0.4) is 0 Å². The summed E-state index contributed by atoms with van der Waals surface area (Å²) in [6.07, 6.45) is 2.33. The van der Waals surface area contributed by atoms with Gasteiger partial charge in [0.25, 0.3) is 5.91 Å². The Morgan fingerprint density at radius 3 is 2.32 bits per heavy atom. The fraction of sp³-hybridized carbons (Fsp3) is 0.185. The van der Waals surface area contributed by atoms with Crippen LogP contribution >= 0.6 is 0 Å². The summed E-state index contributed by atoms with van der Waals surface area (Å²) in [7, 11) is 1.54. The number of hydrogen-bond acceptors (Lipinski definition) is 6. The summed E-state index contributed by atoms with van der Waals surface area (Å²) in [5.74, 6) is 0.896. The lowest BCUT2D eigenvalue weighted by Gasteiger charge is -2.28. The molecule has 5 rings (SSSR count). The molecule has 3 aromatic rings. The van der Waals surface area contributed by atoms with Crippen molar-refractivity contribution in [2.45, 2.75) is 12.0 Å². The van der Waals surface area contributed by atoms with Gasteiger partial charge in [-0.25, -0.2) is 9.69 Å². The Balaban J connectivity index is 1.45. The number of rotatable bonds is 6. The Hall–Kier alpha value is -4.26. The van der Waals surface area contributed by atoms with Crippen molar-refractivity contribution < 1.29 is 28.5 Å². The smallest absolute Gasteiger partial charge is 0.417 e. The summed E-state index contributed by atoms with van der Waals surface area (Å²) in [5, 5.41) is 0. The first-order chi connectivity index (χ1) is 16.7. The zero-order valence-electron chi connectivity index (χ0n) is 18.5. The van der Waals surface area contributed by atoms with Crippen LogP contribution < -0.4 is 14.2 Å². The lowest BCUT2D eigenvalue weighted by molar-refractivity contribution is -0.124. The summed E-state index contributed by atoms with van der Waals surface area (Å²) in [6, 6.07) is 22.7. The van der Waals surface area contributed by atoms with E-state index in [9.17, 15) is 9.59 Å². The maximum absolute atomic E-state index is 13.2. The van der Waals surface area contributed by atoms with Gasteiger partial charge in [0, 0.05) is 12.0 Å². The van der Waals surface area contributed by atoms with Crippen molar-refractivity contribution in [2.75, 3.05) is 20.5 Å². The molecule has 2 aliphatic rings. The molecule has 2 amide bonds. The minimum absolute atomic E-state index is 0.111. The summed E-state index contributed by atoms with van der Waals surface area (Å²) in [4.78, 5) is 27.1. The molecular formula is C27H23NO6. The van der Waals surface area contributed by atoms with Crippen molar-refractivity contribution >= 4 is 18.1 Å². The zero-order valence-corrected chi connectivity index (χ0v) is 18.5. The van der Waals surface area contributed by atoms with Crippen LogP contribution in [0.4, 0.5) is 4.79 Å². The van der Waals surface area contributed by atoms with Gasteiger partial charge in [-0.05, 0) is 34.9 Å². The van der Waals surface area contributed by atoms with Crippen molar-refractivity contribution in [3.8, 4) is 17.2 Å². The molecule has 2 aliphatic heterocycles. The number of fused-ring (bicyclic) bond motifs is 1. The first kappa shape index (κ1) is 21.6. The van der Waals surface area contributed by atoms with Gasteiger partial charge in [0.15, 0.2) is 11.5 Å². The van der Waals surface area contributed by atoms with Crippen LogP contribution in [0.5, 0.6) is 17.2 Å². The predicted molar refractivity (Wildman–Crippen MR) is 125 cm³/mol. The van der Waals surface area contributed by atoms with E-state index in [-0.39, 0.29) is 19.3 Å². The number of ether oxygens (including phenoxy) is 4. The lowest BCUT2D eigenvalue weighted by atomic mass is 9.85. The SMILES string of the molecule is COc1cc(/C=C/C(=O)N2C(=O)OC[C@H]2C(c2ccccc2)c2ccccc2)cc2c1OCO2. The summed E-state index contributed by atoms with van der Waals surface area (Å²) in [6.45, 7) is 0.226. The molecule has 0 spiro atoms. The van der Waals surface area contributed by atoms with Crippen molar-refractivity contribution in [3.05, 3.63) is 95.6 Å². The van der Waals surface area contributed by atoms with Crippen LogP contribution in [-0.4, -0.2) is 43.5 Å². The Morgan fingerprint density at radius 2 is 1.68 bits per heavy atom. The van der Waals surface area contributed by atoms with Gasteiger partial charge < -0.3 is 18.9 Å². The first-order valence-corrected chi connectivity index (χ1v) is 10.9. The number of imide groups is 1. The molecule has 7 heteroatoms. The van der Waals surface area contributed by atoms with Gasteiger partial charge in [-0.2, -0.15) is 0 Å². The number of carbonyl (C=O) groups excluding carboxylic acids is 2. The fourth-order valence-corrected chi connectivity index (χ4v) is 4.39. The minimum atomic E-state index is -0.653. The van der Waals surface area contributed by atoms with Gasteiger partial charge in [-0.3, -0.25) is 4.79 Å². The third-order valence-corrected chi connectivity index (χ3v) is 5.94. The highest BCUT2D eigenvalue weighted by Gasteiger charge is 2.42. The third kappa shape index (κ3) is 4.08. The van der Waals surface area contributed by atoms with Crippen molar-refractivity contribution in [1.82, 2.24) is 4.90 Å². The molecule has 0 aromatic heterocycles. The van der Waals surface area contributed by atoms with Gasteiger partial charge in [-0.15, -0.1) is 0 Å². The number of carbonyl (C=O) groups is 2. The van der Waals surface area contributed by atoms with Crippen LogP contribution in [0.25, 0.3) is 6.08 Å². The predicted octanol–water partition coefficient (Wildman–Crippen LogP) is 4.62. The molecule has 1 fully saturated rings. The maximum atomic E-state index is 13.2. The van der Waals surface area contributed by atoms with E-state index in [1.165, 1.54) is 18.1 Å². The van der Waals surface area contributed by atoms with Crippen molar-refractivity contribution in [2.24, 2.45) is 0 Å². The van der Waals surface area contributed by atoms with E-state index in [1.54, 1.807) is 18.2 Å². The molecule has 2 heterocycles. The van der Waals surface area contributed by atoms with E-state index in [4.69, 9.17) is 18.9 Å². The molecule has 0 radical (unpaired) electrons. The van der Waals surface area contributed by atoms with E-state index in [0.29, 0.717) is 22.8 Å². The molecule has 0 unspecified atom stereocenters. The van der Waals surface area contributed by atoms with Crippen LogP contribution in [0.2, 0.25) is 0 Å². The third-order valence-electron chi connectivity index (χ3n) is 5.94. The van der Waals surface area contributed by atoms with E-state index in [1.807, 2.05) is 60.7 Å². The Morgan fingerprint density at radius 1 is 1.00 bits per heavy atom. The van der Waals surface area contributed by atoms with Crippen molar-refractivity contribution in [3.63, 3.8) is 0 Å². The molecule has 0 N–H and O–H groups in total. The molecule has 172 valence electrons. The van der Waals surface area contributed by atoms with Crippen LogP contribution in [0.15, 0.2) is 78.9 Å². The molecule has 34 heavy (non-hydrogen) atoms. The Labute approximate surface area is 197 Å². The second-order valence-electron chi connectivity index (χ2n) is 7.94. The first-order valence-electron chi connectivity index (χ1n) is 10.9. The number of methoxy groups -OCH3 is 1. The van der Waals surface area contributed by atoms with E-state index >= 15 is 0 Å². The normalized spacial score (nSPS) is 16.8. The number of amides is 2. The highest BCUT2D eigenvalue weighted by atomic mass is 16.7. The van der Waals surface area contributed by atoms with Gasteiger partial charge >= 0.3 is 6.09 Å². The monoisotopic (exact) mass is 457 g/mol. The molecule has 7 nitrogen and oxygen atoms in total. The van der Waals surface area contributed by atoms with Gasteiger partial charge in [0.1, 0.15) is 6.61 Å². The summed E-state index contributed by atoms with van der Waals surface area (Å²) in [5.41, 5.74) is 2.68. The second kappa shape index (κ2) is 9.31. The molecule has 0 saturated carbocycles. The zero-order chi connectivity index (χ0) is 23.5. The maximum Gasteiger partial charge on any atom is 0.417 e. The second-order valence-corrected chi connectivity index (χ2v) is 7.94. The van der Waals surface area contributed by atoms with Crippen LogP contribution in [0.1, 0.15) is 22.6 Å². The van der Waals surface area contributed by atoms with Gasteiger partial charge in [0.05, 0.1) is 13.2 Å². The number of nitrogens with zero attached hydrogens (tertiary/aromatic N) is 1. The van der Waals surface area contributed by atoms with E-state index in [0.717, 1.165) is 11.1 Å². The lowest BCUT2D eigenvalue weighted by Crippen LogP contribution is -2.41. The molecule has 0 aliphatic carbocycles. The average molecular weight is 457 g/mol. The quantitative estimate of drug-likeness (QED) is 0.503. The molecule has 1 atom stereocenters. The fourth-order valence-electron chi connectivity index (χ4n) is 4.39. The van der Waals surface area contributed by atoms with Crippen LogP contribution in [0, 0.1) is 0 Å². The Bertz CT molecular complexity index is 1190. The minimum Gasteiger partial charge on any atom is -0.493 e. The van der Waals surface area contributed by atoms with Crippen LogP contribution in [-0.2, 0) is 9.53 Å². The Kier molecular flexibility index (Phi) is 5.91. The molecule has 0 bridgehead atoms. The number of hydrogen-bond donors (Lipinski definition) is 0. The highest BCUT2D eigenvalue weighted by molar-refractivity contribution is 6.02. The van der Waals surface area contributed by atoms with Crippen molar-refractivity contribution in [1.29, 1.82) is 0 Å². The molecule has 3 aromatic carbocycles. The number of benzene rings is 3. The van der Waals surface area contributed by atoms with Gasteiger partial charge in [0.2, 0.25) is 12.5 Å². The summed E-state index contributed by atoms with van der Waals surface area (Å²) < 4.78 is 21.6. The largest absolute Gasteiger partial charge is 0.493 e. The topological polar surface area (TPSA) is 74.3 Å². The summed E-state index contributed by atoms with van der Waals surface area (Å²) >= 11 is 0. The molecule has 1 saturated heterocycles. The average Bonchev–Trinajstić information content (AvgIpc) is 3.50. The number of cyclic esters (lactones) is 1. The van der Waals surface area contributed by atoms with Gasteiger partial charge in [-0.1, -0.05) is 60.7 Å². The van der Waals surface area contributed by atoms with E-state index < -0.39 is 18.0 Å². The highest BCUT2D eigenvalue weighted by Crippen LogP contribution is 2.42. The molecular weight excluding hydrogens is 434 g/mol. The van der Waals surface area contributed by atoms with E-state index in [2.05, 4.69) is 0 Å². The standard InChI is InChI=1S/C27H23NO6/c1-31-22-14-18(15-23-26(22)34-17-33-23)12-13-24(29)28-21(16-32-27(28)30)25(19-8-4-2-5-9-19)20-10-6-3-7-11-20/h2-15,21,25H,16-17H2,1H3/b13-12+/t21-/m0/s1.